The van der Waals surface area contributed by atoms with Crippen molar-refractivity contribution in [3.8, 4) is 0 Å². The number of sulfonamides is 1. The molecular formula is C18H24N4O3S. The average Bonchev–Trinajstić information content (AvgIpc) is 3.34. The second-order valence-corrected chi connectivity index (χ2v) is 8.39. The summed E-state index contributed by atoms with van der Waals surface area (Å²) in [6.07, 6.45) is 2.54. The Morgan fingerprint density at radius 3 is 2.50 bits per heavy atom. The molecule has 140 valence electrons. The van der Waals surface area contributed by atoms with Crippen LogP contribution in [0.3, 0.4) is 0 Å². The van der Waals surface area contributed by atoms with Crippen molar-refractivity contribution in [2.24, 2.45) is 0 Å². The number of aromatic nitrogens is 2. The Balaban J connectivity index is 1.49. The molecule has 1 saturated carbocycles. The molecule has 26 heavy (non-hydrogen) atoms. The summed E-state index contributed by atoms with van der Waals surface area (Å²) in [4.78, 5) is 12.4. The molecule has 0 aliphatic heterocycles. The summed E-state index contributed by atoms with van der Waals surface area (Å²) >= 11 is 0. The Morgan fingerprint density at radius 1 is 1.23 bits per heavy atom. The van der Waals surface area contributed by atoms with Gasteiger partial charge < -0.3 is 5.32 Å². The SMILES string of the molecule is Cc1cc(C)n(CCCNC(=O)c2ccc(S(=O)(=O)NC3CC3)cc2)n1. The van der Waals surface area contributed by atoms with E-state index in [0.717, 1.165) is 37.2 Å². The minimum absolute atomic E-state index is 0.0604. The Morgan fingerprint density at radius 2 is 1.92 bits per heavy atom. The van der Waals surface area contributed by atoms with Crippen LogP contribution in [0.4, 0.5) is 0 Å². The third-order valence-electron chi connectivity index (χ3n) is 4.26. The molecule has 1 aliphatic rings. The Bertz CT molecular complexity index is 884. The number of aryl methyl sites for hydroxylation is 3. The average molecular weight is 376 g/mol. The molecule has 1 amide bonds. The number of hydrogen-bond donors (Lipinski definition) is 2. The highest BCUT2D eigenvalue weighted by Gasteiger charge is 2.27. The Kier molecular flexibility index (Phi) is 5.43. The van der Waals surface area contributed by atoms with Crippen LogP contribution in [0.2, 0.25) is 0 Å². The molecule has 3 rings (SSSR count). The lowest BCUT2D eigenvalue weighted by molar-refractivity contribution is 0.0952. The molecule has 0 saturated heterocycles. The molecule has 0 unspecified atom stereocenters. The van der Waals surface area contributed by atoms with Crippen molar-refractivity contribution in [3.63, 3.8) is 0 Å². The monoisotopic (exact) mass is 376 g/mol. The highest BCUT2D eigenvalue weighted by atomic mass is 32.2. The third-order valence-corrected chi connectivity index (χ3v) is 5.80. The van der Waals surface area contributed by atoms with Gasteiger partial charge in [0.1, 0.15) is 0 Å². The van der Waals surface area contributed by atoms with Crippen LogP contribution in [-0.4, -0.2) is 36.7 Å². The van der Waals surface area contributed by atoms with Gasteiger partial charge in [-0.25, -0.2) is 13.1 Å². The molecule has 2 N–H and O–H groups in total. The van der Waals surface area contributed by atoms with E-state index >= 15 is 0 Å². The summed E-state index contributed by atoms with van der Waals surface area (Å²) < 4.78 is 28.8. The van der Waals surface area contributed by atoms with Gasteiger partial charge in [0.05, 0.1) is 10.6 Å². The second kappa shape index (κ2) is 7.59. The minimum atomic E-state index is -3.48. The Labute approximate surface area is 153 Å². The first-order valence-corrected chi connectivity index (χ1v) is 10.2. The summed E-state index contributed by atoms with van der Waals surface area (Å²) in [7, 11) is -3.48. The van der Waals surface area contributed by atoms with Crippen molar-refractivity contribution in [1.82, 2.24) is 19.8 Å². The molecule has 0 radical (unpaired) electrons. The van der Waals surface area contributed by atoms with E-state index in [4.69, 9.17) is 0 Å². The van der Waals surface area contributed by atoms with E-state index in [1.165, 1.54) is 24.3 Å². The number of amides is 1. The van der Waals surface area contributed by atoms with Gasteiger partial charge in [0.15, 0.2) is 0 Å². The van der Waals surface area contributed by atoms with Gasteiger partial charge in [0.25, 0.3) is 5.91 Å². The minimum Gasteiger partial charge on any atom is -0.352 e. The van der Waals surface area contributed by atoms with Crippen LogP contribution in [-0.2, 0) is 16.6 Å². The molecule has 0 atom stereocenters. The fourth-order valence-corrected chi connectivity index (χ4v) is 4.01. The van der Waals surface area contributed by atoms with Crippen LogP contribution >= 0.6 is 0 Å². The van der Waals surface area contributed by atoms with Crippen molar-refractivity contribution in [1.29, 1.82) is 0 Å². The molecule has 0 bridgehead atoms. The van der Waals surface area contributed by atoms with Gasteiger partial charge in [0.2, 0.25) is 10.0 Å². The summed E-state index contributed by atoms with van der Waals surface area (Å²) in [5, 5.41) is 7.23. The first kappa shape index (κ1) is 18.6. The number of carbonyl (C=O) groups is 1. The summed E-state index contributed by atoms with van der Waals surface area (Å²) in [5.41, 5.74) is 2.53. The number of benzene rings is 1. The van der Waals surface area contributed by atoms with Crippen LogP contribution < -0.4 is 10.0 Å². The normalized spacial score (nSPS) is 14.4. The smallest absolute Gasteiger partial charge is 0.251 e. The maximum Gasteiger partial charge on any atom is 0.251 e. The van der Waals surface area contributed by atoms with Crippen LogP contribution in [0.5, 0.6) is 0 Å². The van der Waals surface area contributed by atoms with Crippen molar-refractivity contribution < 1.29 is 13.2 Å². The van der Waals surface area contributed by atoms with Gasteiger partial charge in [0, 0.05) is 30.4 Å². The largest absolute Gasteiger partial charge is 0.352 e. The van der Waals surface area contributed by atoms with E-state index in [9.17, 15) is 13.2 Å². The Hall–Kier alpha value is -2.19. The van der Waals surface area contributed by atoms with E-state index in [0.29, 0.717) is 12.1 Å². The summed E-state index contributed by atoms with van der Waals surface area (Å²) in [6.45, 7) is 5.23. The third kappa shape index (κ3) is 4.70. The molecule has 1 heterocycles. The van der Waals surface area contributed by atoms with Gasteiger partial charge in [-0.1, -0.05) is 0 Å². The molecule has 1 fully saturated rings. The molecule has 8 heteroatoms. The van der Waals surface area contributed by atoms with Crippen molar-refractivity contribution in [3.05, 3.63) is 47.3 Å². The van der Waals surface area contributed by atoms with Gasteiger partial charge in [-0.2, -0.15) is 5.10 Å². The molecule has 7 nitrogen and oxygen atoms in total. The molecule has 1 aromatic carbocycles. The van der Waals surface area contributed by atoms with E-state index in [2.05, 4.69) is 15.1 Å². The zero-order valence-electron chi connectivity index (χ0n) is 15.0. The van der Waals surface area contributed by atoms with Gasteiger partial charge in [-0.3, -0.25) is 9.48 Å². The number of hydrogen-bond acceptors (Lipinski definition) is 4. The topological polar surface area (TPSA) is 93.1 Å². The number of rotatable bonds is 8. The van der Waals surface area contributed by atoms with E-state index in [1.807, 2.05) is 24.6 Å². The van der Waals surface area contributed by atoms with Crippen LogP contribution in [0, 0.1) is 13.8 Å². The fraction of sp³-hybridized carbons (Fsp3) is 0.444. The van der Waals surface area contributed by atoms with E-state index < -0.39 is 10.0 Å². The zero-order valence-corrected chi connectivity index (χ0v) is 15.8. The quantitative estimate of drug-likeness (QED) is 0.687. The number of nitrogens with one attached hydrogen (secondary N) is 2. The van der Waals surface area contributed by atoms with Crippen molar-refractivity contribution in [2.75, 3.05) is 6.54 Å². The maximum absolute atomic E-state index is 12.2. The van der Waals surface area contributed by atoms with Gasteiger partial charge in [-0.15, -0.1) is 0 Å². The lowest BCUT2D eigenvalue weighted by Gasteiger charge is -2.08. The molecule has 0 spiro atoms. The molecule has 1 aromatic heterocycles. The molecule has 1 aliphatic carbocycles. The van der Waals surface area contributed by atoms with E-state index in [1.54, 1.807) is 0 Å². The highest BCUT2D eigenvalue weighted by Crippen LogP contribution is 2.22. The van der Waals surface area contributed by atoms with Crippen molar-refractivity contribution >= 4 is 15.9 Å². The second-order valence-electron chi connectivity index (χ2n) is 6.68. The predicted molar refractivity (Wildman–Crippen MR) is 98.4 cm³/mol. The maximum atomic E-state index is 12.2. The standard InChI is InChI=1S/C18H24N4O3S/c1-13-12-14(2)22(20-13)11-3-10-19-18(23)15-4-8-17(9-5-15)26(24,25)21-16-6-7-16/h4-5,8-9,12,16,21H,3,6-7,10-11H2,1-2H3,(H,19,23). The van der Waals surface area contributed by atoms with Crippen LogP contribution in [0.15, 0.2) is 35.2 Å². The highest BCUT2D eigenvalue weighted by molar-refractivity contribution is 7.89. The number of carbonyl (C=O) groups excluding carboxylic acids is 1. The summed E-state index contributed by atoms with van der Waals surface area (Å²) in [6, 6.07) is 8.09. The van der Waals surface area contributed by atoms with Crippen molar-refractivity contribution in [2.45, 2.75) is 50.6 Å². The summed E-state index contributed by atoms with van der Waals surface area (Å²) in [5.74, 6) is -0.211. The lowest BCUT2D eigenvalue weighted by atomic mass is 10.2. The first-order valence-electron chi connectivity index (χ1n) is 8.77. The van der Waals surface area contributed by atoms with Crippen LogP contribution in [0.1, 0.15) is 41.0 Å². The van der Waals surface area contributed by atoms with Crippen LogP contribution in [0.25, 0.3) is 0 Å². The predicted octanol–water partition coefficient (Wildman–Crippen LogP) is 1.76. The fourth-order valence-electron chi connectivity index (χ4n) is 2.71. The van der Waals surface area contributed by atoms with Gasteiger partial charge in [-0.05, 0) is 63.4 Å². The molecular weight excluding hydrogens is 352 g/mol. The first-order chi connectivity index (χ1) is 12.3. The zero-order chi connectivity index (χ0) is 18.7. The van der Waals surface area contributed by atoms with E-state index in [-0.39, 0.29) is 16.8 Å². The molecule has 2 aromatic rings. The lowest BCUT2D eigenvalue weighted by Crippen LogP contribution is -2.27. The van der Waals surface area contributed by atoms with Gasteiger partial charge >= 0.3 is 0 Å². The number of nitrogens with zero attached hydrogens (tertiary/aromatic N) is 2.